The second kappa shape index (κ2) is 5.72. The van der Waals surface area contributed by atoms with Crippen LogP contribution in [0.4, 0.5) is 18.9 Å². The van der Waals surface area contributed by atoms with Crippen LogP contribution in [-0.4, -0.2) is 4.99 Å². The van der Waals surface area contributed by atoms with Crippen molar-refractivity contribution in [3.05, 3.63) is 65.2 Å². The normalized spacial score (nSPS) is 18.3. The monoisotopic (exact) mass is 321 g/mol. The van der Waals surface area contributed by atoms with Gasteiger partial charge >= 0.3 is 6.18 Å². The van der Waals surface area contributed by atoms with Crippen LogP contribution < -0.4 is 5.32 Å². The van der Waals surface area contributed by atoms with E-state index in [0.717, 1.165) is 17.3 Å². The number of nitrogens with one attached hydrogen (secondary N) is 1. The highest BCUT2D eigenvalue weighted by Crippen LogP contribution is 2.42. The Morgan fingerprint density at radius 2 is 1.59 bits per heavy atom. The Bertz CT molecular complexity index is 709. The molecule has 0 radical (unpaired) electrons. The molecule has 22 heavy (non-hydrogen) atoms. The topological polar surface area (TPSA) is 12.0 Å². The van der Waals surface area contributed by atoms with Gasteiger partial charge in [0.15, 0.2) is 0 Å². The Balaban J connectivity index is 2.15. The average molecular weight is 321 g/mol. The molecule has 2 aromatic rings. The van der Waals surface area contributed by atoms with Crippen molar-refractivity contribution in [1.29, 1.82) is 0 Å². The first-order chi connectivity index (χ1) is 10.5. The molecule has 0 fully saturated rings. The molecule has 1 nitrogen and oxygen atoms in total. The second-order valence-corrected chi connectivity index (χ2v) is 5.80. The molecular weight excluding hydrogens is 307 g/mol. The Morgan fingerprint density at radius 1 is 0.955 bits per heavy atom. The van der Waals surface area contributed by atoms with Gasteiger partial charge in [-0.1, -0.05) is 48.6 Å². The van der Waals surface area contributed by atoms with Gasteiger partial charge in [0.1, 0.15) is 0 Å². The summed E-state index contributed by atoms with van der Waals surface area (Å²) in [6.45, 7) is 0. The maximum Gasteiger partial charge on any atom is 0.416 e. The Morgan fingerprint density at radius 3 is 2.32 bits per heavy atom. The first-order valence-electron chi connectivity index (χ1n) is 7.01. The van der Waals surface area contributed by atoms with Crippen molar-refractivity contribution >= 4 is 22.9 Å². The Hall–Kier alpha value is -1.88. The fourth-order valence-electron chi connectivity index (χ4n) is 2.94. The maximum atomic E-state index is 13.3. The standard InChI is InChI=1S/C17H14F3NS/c18-17(19,20)14-7-3-1-5-12(14)11-9-10-16(22)21-15-8-4-2-6-13(11)15/h1-8,11H,9-10H2,(H,21,22). The van der Waals surface area contributed by atoms with Gasteiger partial charge in [0.2, 0.25) is 0 Å². The van der Waals surface area contributed by atoms with Gasteiger partial charge in [0.05, 0.1) is 10.6 Å². The fourth-order valence-corrected chi connectivity index (χ4v) is 3.17. The molecule has 0 saturated heterocycles. The van der Waals surface area contributed by atoms with Crippen molar-refractivity contribution in [2.75, 3.05) is 5.32 Å². The highest BCUT2D eigenvalue weighted by Gasteiger charge is 2.36. The van der Waals surface area contributed by atoms with E-state index in [4.69, 9.17) is 12.2 Å². The molecule has 0 aromatic heterocycles. The number of fused-ring (bicyclic) bond motifs is 1. The number of alkyl halides is 3. The van der Waals surface area contributed by atoms with E-state index in [1.807, 2.05) is 24.3 Å². The molecule has 0 spiro atoms. The molecule has 0 saturated carbocycles. The molecule has 1 N–H and O–H groups in total. The maximum absolute atomic E-state index is 13.3. The summed E-state index contributed by atoms with van der Waals surface area (Å²) in [5.74, 6) is -0.318. The molecule has 0 amide bonds. The Kier molecular flexibility index (Phi) is 3.91. The van der Waals surface area contributed by atoms with E-state index in [1.165, 1.54) is 6.07 Å². The van der Waals surface area contributed by atoms with Crippen LogP contribution in [-0.2, 0) is 6.18 Å². The Labute approximate surface area is 132 Å². The molecule has 1 aliphatic heterocycles. The molecule has 0 aliphatic carbocycles. The lowest BCUT2D eigenvalue weighted by atomic mass is 9.84. The van der Waals surface area contributed by atoms with E-state index in [-0.39, 0.29) is 5.92 Å². The SMILES string of the molecule is FC(F)(F)c1ccccc1C1CCC(=S)Nc2ccccc21. The largest absolute Gasteiger partial charge is 0.416 e. The number of anilines is 1. The number of halogens is 3. The molecule has 1 aliphatic rings. The van der Waals surface area contributed by atoms with Gasteiger partial charge in [-0.15, -0.1) is 0 Å². The van der Waals surface area contributed by atoms with Crippen LogP contribution in [0.5, 0.6) is 0 Å². The molecule has 0 bridgehead atoms. The van der Waals surface area contributed by atoms with E-state index in [0.29, 0.717) is 23.4 Å². The van der Waals surface area contributed by atoms with Crippen LogP contribution in [0.3, 0.4) is 0 Å². The summed E-state index contributed by atoms with van der Waals surface area (Å²) in [6.07, 6.45) is -3.22. The number of thiocarbonyl (C=S) groups is 1. The lowest BCUT2D eigenvalue weighted by molar-refractivity contribution is -0.138. The third kappa shape index (κ3) is 2.86. The molecular formula is C17H14F3NS. The predicted octanol–water partition coefficient (Wildman–Crippen LogP) is 5.37. The van der Waals surface area contributed by atoms with Crippen LogP contribution in [0.25, 0.3) is 0 Å². The van der Waals surface area contributed by atoms with Crippen LogP contribution in [0.2, 0.25) is 0 Å². The number of hydrogen-bond donors (Lipinski definition) is 1. The highest BCUT2D eigenvalue weighted by molar-refractivity contribution is 7.80. The predicted molar refractivity (Wildman–Crippen MR) is 85.2 cm³/mol. The molecule has 1 atom stereocenters. The van der Waals surface area contributed by atoms with Gasteiger partial charge in [-0.25, -0.2) is 0 Å². The molecule has 2 aromatic carbocycles. The van der Waals surface area contributed by atoms with Crippen molar-refractivity contribution < 1.29 is 13.2 Å². The van der Waals surface area contributed by atoms with E-state index >= 15 is 0 Å². The van der Waals surface area contributed by atoms with Crippen LogP contribution in [0.1, 0.15) is 35.4 Å². The van der Waals surface area contributed by atoms with Crippen LogP contribution in [0.15, 0.2) is 48.5 Å². The number of rotatable bonds is 1. The van der Waals surface area contributed by atoms with Gasteiger partial charge < -0.3 is 5.32 Å². The van der Waals surface area contributed by atoms with E-state index in [9.17, 15) is 13.2 Å². The third-order valence-electron chi connectivity index (χ3n) is 3.91. The molecule has 1 unspecified atom stereocenters. The molecule has 1 heterocycles. The summed E-state index contributed by atoms with van der Waals surface area (Å²) in [5.41, 5.74) is 1.41. The van der Waals surface area contributed by atoms with Gasteiger partial charge in [0.25, 0.3) is 0 Å². The minimum atomic E-state index is -4.36. The van der Waals surface area contributed by atoms with Crippen molar-refractivity contribution in [3.63, 3.8) is 0 Å². The van der Waals surface area contributed by atoms with E-state index in [1.54, 1.807) is 12.1 Å². The zero-order chi connectivity index (χ0) is 15.7. The molecule has 3 rings (SSSR count). The summed E-state index contributed by atoms with van der Waals surface area (Å²) >= 11 is 5.24. The number of benzene rings is 2. The van der Waals surface area contributed by atoms with Gasteiger partial charge in [-0.05, 0) is 36.1 Å². The average Bonchev–Trinajstić information content (AvgIpc) is 2.64. The summed E-state index contributed by atoms with van der Waals surface area (Å²) < 4.78 is 39.9. The molecule has 5 heteroatoms. The minimum absolute atomic E-state index is 0.314. The van der Waals surface area contributed by atoms with Crippen LogP contribution in [0, 0.1) is 0 Å². The lowest BCUT2D eigenvalue weighted by Crippen LogP contribution is -2.12. The summed E-state index contributed by atoms with van der Waals surface area (Å²) in [4.78, 5) is 0.666. The fraction of sp³-hybridized carbons (Fsp3) is 0.235. The molecule has 114 valence electrons. The number of para-hydroxylation sites is 1. The van der Waals surface area contributed by atoms with Crippen molar-refractivity contribution in [2.45, 2.75) is 24.9 Å². The quantitative estimate of drug-likeness (QED) is 0.709. The van der Waals surface area contributed by atoms with Crippen LogP contribution >= 0.6 is 12.2 Å². The highest BCUT2D eigenvalue weighted by atomic mass is 32.1. The van der Waals surface area contributed by atoms with Crippen molar-refractivity contribution in [3.8, 4) is 0 Å². The first kappa shape index (κ1) is 15.0. The minimum Gasteiger partial charge on any atom is -0.350 e. The zero-order valence-corrected chi connectivity index (χ0v) is 12.5. The van der Waals surface area contributed by atoms with Gasteiger partial charge in [0, 0.05) is 11.6 Å². The van der Waals surface area contributed by atoms with Gasteiger partial charge in [-0.3, -0.25) is 0 Å². The number of hydrogen-bond acceptors (Lipinski definition) is 1. The van der Waals surface area contributed by atoms with Crippen molar-refractivity contribution in [2.24, 2.45) is 0 Å². The summed E-state index contributed by atoms with van der Waals surface area (Å²) in [6, 6.07) is 13.2. The lowest BCUT2D eigenvalue weighted by Gasteiger charge is -2.22. The summed E-state index contributed by atoms with van der Waals surface area (Å²) in [5, 5.41) is 3.13. The van der Waals surface area contributed by atoms with Gasteiger partial charge in [-0.2, -0.15) is 13.2 Å². The third-order valence-corrected chi connectivity index (χ3v) is 4.22. The zero-order valence-electron chi connectivity index (χ0n) is 11.7. The summed E-state index contributed by atoms with van der Waals surface area (Å²) in [7, 11) is 0. The first-order valence-corrected chi connectivity index (χ1v) is 7.42. The van der Waals surface area contributed by atoms with Crippen molar-refractivity contribution in [1.82, 2.24) is 0 Å². The van der Waals surface area contributed by atoms with E-state index in [2.05, 4.69) is 5.32 Å². The van der Waals surface area contributed by atoms with E-state index < -0.39 is 11.7 Å². The smallest absolute Gasteiger partial charge is 0.350 e. The second-order valence-electron chi connectivity index (χ2n) is 5.31.